The minimum absolute atomic E-state index is 0.0392. The van der Waals surface area contributed by atoms with E-state index in [0.717, 1.165) is 42.4 Å². The molecule has 3 rings (SSSR count). The Morgan fingerprint density at radius 1 is 1.17 bits per heavy atom. The van der Waals surface area contributed by atoms with Crippen LogP contribution >= 0.6 is 0 Å². The Morgan fingerprint density at radius 2 is 1.88 bits per heavy atom. The van der Waals surface area contributed by atoms with E-state index in [4.69, 9.17) is 0 Å². The fourth-order valence-corrected chi connectivity index (χ4v) is 3.48. The molecule has 128 valence electrons. The molecule has 0 aliphatic carbocycles. The summed E-state index contributed by atoms with van der Waals surface area (Å²) in [5.74, 6) is -0.125. The van der Waals surface area contributed by atoms with Crippen molar-refractivity contribution in [2.45, 2.75) is 45.1 Å². The minimum atomic E-state index is -0.500. The van der Waals surface area contributed by atoms with Crippen molar-refractivity contribution < 1.29 is 9.59 Å². The van der Waals surface area contributed by atoms with Gasteiger partial charge in [0, 0.05) is 43.5 Å². The summed E-state index contributed by atoms with van der Waals surface area (Å²) in [7, 11) is 0. The topological polar surface area (TPSA) is 65.2 Å². The Hall–Kier alpha value is -2.30. The number of fused-ring (bicyclic) bond motifs is 1. The molecule has 1 fully saturated rings. The Bertz CT molecular complexity index is 714. The van der Waals surface area contributed by atoms with Crippen LogP contribution in [0.1, 0.15) is 38.2 Å². The molecule has 1 aromatic carbocycles. The van der Waals surface area contributed by atoms with Crippen LogP contribution < -0.4 is 5.32 Å². The number of nitrogens with zero attached hydrogens (tertiary/aromatic N) is 1. The fraction of sp³-hybridized carbons (Fsp3) is 0.474. The molecule has 2 N–H and O–H groups in total. The average Bonchev–Trinajstić information content (AvgIpc) is 2.79. The number of nitrogens with one attached hydrogen (secondary N) is 2. The van der Waals surface area contributed by atoms with Gasteiger partial charge in [0.1, 0.15) is 6.04 Å². The van der Waals surface area contributed by atoms with Crippen LogP contribution in [0.15, 0.2) is 30.5 Å². The van der Waals surface area contributed by atoms with Gasteiger partial charge >= 0.3 is 0 Å². The molecule has 0 bridgehead atoms. The monoisotopic (exact) mass is 327 g/mol. The van der Waals surface area contributed by atoms with Crippen molar-refractivity contribution in [3.63, 3.8) is 0 Å². The molecule has 5 nitrogen and oxygen atoms in total. The molecule has 0 radical (unpaired) electrons. The summed E-state index contributed by atoms with van der Waals surface area (Å²) < 4.78 is 0. The lowest BCUT2D eigenvalue weighted by molar-refractivity contribution is -0.136. The van der Waals surface area contributed by atoms with E-state index in [0.29, 0.717) is 6.42 Å². The van der Waals surface area contributed by atoms with Gasteiger partial charge < -0.3 is 15.2 Å². The molecule has 1 atom stereocenters. The predicted octanol–water partition coefficient (Wildman–Crippen LogP) is 2.62. The van der Waals surface area contributed by atoms with Crippen LogP contribution in [0.5, 0.6) is 0 Å². The Kier molecular flexibility index (Phi) is 5.18. The van der Waals surface area contributed by atoms with E-state index >= 15 is 0 Å². The zero-order valence-corrected chi connectivity index (χ0v) is 14.2. The lowest BCUT2D eigenvalue weighted by Gasteiger charge is -2.26. The fourth-order valence-electron chi connectivity index (χ4n) is 3.48. The first kappa shape index (κ1) is 16.6. The summed E-state index contributed by atoms with van der Waals surface area (Å²) in [4.78, 5) is 29.7. The van der Waals surface area contributed by atoms with E-state index in [1.54, 1.807) is 0 Å². The molecule has 0 saturated carbocycles. The summed E-state index contributed by atoms with van der Waals surface area (Å²) in [6, 6.07) is 7.53. The van der Waals surface area contributed by atoms with Crippen LogP contribution in [0.25, 0.3) is 10.9 Å². The molecule has 2 amide bonds. The second-order valence-corrected chi connectivity index (χ2v) is 6.56. The summed E-state index contributed by atoms with van der Waals surface area (Å²) in [5.41, 5.74) is 2.11. The number of rotatable bonds is 4. The molecule has 0 spiro atoms. The van der Waals surface area contributed by atoms with Gasteiger partial charge in [0.25, 0.3) is 0 Å². The smallest absolute Gasteiger partial charge is 0.245 e. The van der Waals surface area contributed by atoms with Gasteiger partial charge in [-0.3, -0.25) is 9.59 Å². The molecule has 2 aromatic rings. The third-order valence-electron chi connectivity index (χ3n) is 4.69. The van der Waals surface area contributed by atoms with Crippen LogP contribution in [0.4, 0.5) is 0 Å². The van der Waals surface area contributed by atoms with Crippen molar-refractivity contribution in [1.29, 1.82) is 0 Å². The molecular formula is C19H25N3O2. The molecule has 5 heteroatoms. The first-order valence-electron chi connectivity index (χ1n) is 8.76. The summed E-state index contributed by atoms with van der Waals surface area (Å²) in [5, 5.41) is 3.96. The van der Waals surface area contributed by atoms with Crippen molar-refractivity contribution in [3.05, 3.63) is 36.0 Å². The van der Waals surface area contributed by atoms with Crippen molar-refractivity contribution in [2.24, 2.45) is 0 Å². The molecule has 1 saturated heterocycles. The van der Waals surface area contributed by atoms with Gasteiger partial charge in [-0.25, -0.2) is 0 Å². The Balaban J connectivity index is 1.80. The Morgan fingerprint density at radius 3 is 2.58 bits per heavy atom. The number of para-hydroxylation sites is 1. The van der Waals surface area contributed by atoms with Gasteiger partial charge in [-0.2, -0.15) is 0 Å². The molecule has 1 aromatic heterocycles. The summed E-state index contributed by atoms with van der Waals surface area (Å²) in [6.45, 7) is 3.06. The van der Waals surface area contributed by atoms with Gasteiger partial charge in [0.2, 0.25) is 11.8 Å². The van der Waals surface area contributed by atoms with Crippen molar-refractivity contribution >= 4 is 22.7 Å². The standard InChI is InChI=1S/C19H25N3O2/c1-14(23)21-18(19(24)22-10-6-2-3-7-11-22)12-15-13-20-17-9-5-4-8-16(15)17/h4-5,8-9,13,18,20H,2-3,6-7,10-12H2,1H3,(H,21,23)/t18-/m1/s1. The first-order valence-corrected chi connectivity index (χ1v) is 8.76. The third-order valence-corrected chi connectivity index (χ3v) is 4.69. The van der Waals surface area contributed by atoms with E-state index in [2.05, 4.69) is 10.3 Å². The van der Waals surface area contributed by atoms with Gasteiger partial charge in [-0.05, 0) is 24.5 Å². The SMILES string of the molecule is CC(=O)N[C@H](Cc1c[nH]c2ccccc12)C(=O)N1CCCCCC1. The van der Waals surface area contributed by atoms with E-state index in [-0.39, 0.29) is 11.8 Å². The van der Waals surface area contributed by atoms with Gasteiger partial charge in [0.05, 0.1) is 0 Å². The molecule has 1 aliphatic rings. The van der Waals surface area contributed by atoms with Crippen LogP contribution in [0.2, 0.25) is 0 Å². The zero-order valence-electron chi connectivity index (χ0n) is 14.2. The average molecular weight is 327 g/mol. The number of amides is 2. The summed E-state index contributed by atoms with van der Waals surface area (Å²) >= 11 is 0. The minimum Gasteiger partial charge on any atom is -0.361 e. The number of hydrogen-bond donors (Lipinski definition) is 2. The van der Waals surface area contributed by atoms with Gasteiger partial charge in [0.15, 0.2) is 0 Å². The second-order valence-electron chi connectivity index (χ2n) is 6.56. The number of carbonyl (C=O) groups is 2. The van der Waals surface area contributed by atoms with E-state index in [1.807, 2.05) is 35.4 Å². The highest BCUT2D eigenvalue weighted by atomic mass is 16.2. The number of aromatic nitrogens is 1. The molecule has 1 aliphatic heterocycles. The summed E-state index contributed by atoms with van der Waals surface area (Å²) in [6.07, 6.45) is 6.90. The molecule has 2 heterocycles. The van der Waals surface area contributed by atoms with Gasteiger partial charge in [-0.1, -0.05) is 31.0 Å². The van der Waals surface area contributed by atoms with Crippen LogP contribution in [-0.4, -0.2) is 40.8 Å². The number of carbonyl (C=O) groups excluding carboxylic acids is 2. The molecule has 24 heavy (non-hydrogen) atoms. The van der Waals surface area contributed by atoms with Crippen molar-refractivity contribution in [2.75, 3.05) is 13.1 Å². The largest absolute Gasteiger partial charge is 0.361 e. The lowest BCUT2D eigenvalue weighted by atomic mass is 10.0. The van der Waals surface area contributed by atoms with Crippen molar-refractivity contribution in [1.82, 2.24) is 15.2 Å². The van der Waals surface area contributed by atoms with Crippen LogP contribution in [-0.2, 0) is 16.0 Å². The molecular weight excluding hydrogens is 302 g/mol. The van der Waals surface area contributed by atoms with Gasteiger partial charge in [-0.15, -0.1) is 0 Å². The number of benzene rings is 1. The first-order chi connectivity index (χ1) is 11.6. The maximum atomic E-state index is 12.9. The highest BCUT2D eigenvalue weighted by Gasteiger charge is 2.26. The third kappa shape index (κ3) is 3.78. The van der Waals surface area contributed by atoms with Crippen molar-refractivity contribution in [3.8, 4) is 0 Å². The number of likely N-dealkylation sites (tertiary alicyclic amines) is 1. The highest BCUT2D eigenvalue weighted by Crippen LogP contribution is 2.20. The van der Waals surface area contributed by atoms with E-state index < -0.39 is 6.04 Å². The second kappa shape index (κ2) is 7.51. The number of aromatic amines is 1. The zero-order chi connectivity index (χ0) is 16.9. The predicted molar refractivity (Wildman–Crippen MR) is 94.7 cm³/mol. The van der Waals surface area contributed by atoms with Crippen LogP contribution in [0, 0.1) is 0 Å². The maximum absolute atomic E-state index is 12.9. The van der Waals surface area contributed by atoms with E-state index in [1.165, 1.54) is 19.8 Å². The molecule has 0 unspecified atom stereocenters. The number of hydrogen-bond acceptors (Lipinski definition) is 2. The van der Waals surface area contributed by atoms with E-state index in [9.17, 15) is 9.59 Å². The normalized spacial score (nSPS) is 16.6. The highest BCUT2D eigenvalue weighted by molar-refractivity contribution is 5.89. The quantitative estimate of drug-likeness (QED) is 0.906. The van der Waals surface area contributed by atoms with Crippen LogP contribution in [0.3, 0.4) is 0 Å². The maximum Gasteiger partial charge on any atom is 0.245 e. The Labute approximate surface area is 142 Å². The number of H-pyrrole nitrogens is 1. The lowest BCUT2D eigenvalue weighted by Crippen LogP contribution is -2.49.